The van der Waals surface area contributed by atoms with Crippen LogP contribution < -0.4 is 0 Å². The number of phosphoric acid groups is 3. The van der Waals surface area contributed by atoms with E-state index < -0.39 is 59.9 Å². The Labute approximate surface area is 136 Å². The number of halogens is 2. The van der Waals surface area contributed by atoms with Gasteiger partial charge in [0.05, 0.1) is 0 Å². The van der Waals surface area contributed by atoms with E-state index in [4.69, 9.17) is 29.4 Å². The fourth-order valence-electron chi connectivity index (χ4n) is 2.00. The minimum absolute atomic E-state index is 2.76. The summed E-state index contributed by atoms with van der Waals surface area (Å²) < 4.78 is 71.7. The van der Waals surface area contributed by atoms with E-state index in [0.29, 0.717) is 0 Å². The van der Waals surface area contributed by atoms with Crippen LogP contribution in [0.3, 0.4) is 0 Å². The van der Waals surface area contributed by atoms with E-state index in [1.165, 1.54) is 0 Å². The van der Waals surface area contributed by atoms with E-state index >= 15 is 0 Å². The zero-order valence-electron chi connectivity index (χ0n) is 11.5. The second kappa shape index (κ2) is 7.26. The molecule has 1 aliphatic rings. The van der Waals surface area contributed by atoms with Gasteiger partial charge in [-0.3, -0.25) is 13.6 Å². The first-order valence-corrected chi connectivity index (χ1v) is 10.4. The maximum absolute atomic E-state index is 14.0. The highest BCUT2D eigenvalue weighted by molar-refractivity contribution is 7.46. The van der Waals surface area contributed by atoms with Crippen molar-refractivity contribution in [3.8, 4) is 0 Å². The van der Waals surface area contributed by atoms with Crippen molar-refractivity contribution in [1.29, 1.82) is 0 Å². The molecule has 19 heteroatoms. The van der Waals surface area contributed by atoms with Gasteiger partial charge in [0, 0.05) is 0 Å². The van der Waals surface area contributed by atoms with Crippen LogP contribution in [0.2, 0.25) is 0 Å². The Hall–Kier alpha value is 0.110. The zero-order chi connectivity index (χ0) is 20.0. The molecule has 0 aromatic rings. The van der Waals surface area contributed by atoms with E-state index in [1.807, 2.05) is 0 Å². The number of hydrogen-bond acceptors (Lipinski definition) is 8. The zero-order valence-corrected chi connectivity index (χ0v) is 14.2. The van der Waals surface area contributed by atoms with Crippen LogP contribution in [0.5, 0.6) is 0 Å². The molecule has 0 bridgehead atoms. The maximum Gasteiger partial charge on any atom is 0.470 e. The fraction of sp³-hybridized carbons (Fsp3) is 1.00. The molecule has 25 heavy (non-hydrogen) atoms. The van der Waals surface area contributed by atoms with Gasteiger partial charge in [0.15, 0.2) is 6.10 Å². The summed E-state index contributed by atoms with van der Waals surface area (Å²) in [4.78, 5) is 51.9. The molecule has 1 saturated carbocycles. The number of aliphatic hydroxyl groups excluding tert-OH is 2. The van der Waals surface area contributed by atoms with Crippen LogP contribution in [-0.4, -0.2) is 76.0 Å². The van der Waals surface area contributed by atoms with Crippen LogP contribution >= 0.6 is 23.5 Å². The largest absolute Gasteiger partial charge is 0.470 e. The quantitative estimate of drug-likeness (QED) is 0.204. The molecule has 0 unspecified atom stereocenters. The van der Waals surface area contributed by atoms with Crippen LogP contribution in [0, 0.1) is 0 Å². The minimum Gasteiger partial charge on any atom is -0.387 e. The predicted octanol–water partition coefficient (Wildman–Crippen LogP) is -2.21. The van der Waals surface area contributed by atoms with Crippen molar-refractivity contribution in [2.45, 2.75) is 36.4 Å². The van der Waals surface area contributed by atoms with Crippen molar-refractivity contribution in [2.75, 3.05) is 0 Å². The molecule has 0 radical (unpaired) electrons. The van der Waals surface area contributed by atoms with Crippen LogP contribution in [0.4, 0.5) is 8.78 Å². The van der Waals surface area contributed by atoms with Crippen LogP contribution in [0.15, 0.2) is 0 Å². The fourth-order valence-corrected chi connectivity index (χ4v) is 3.67. The molecule has 0 amide bonds. The molecule has 1 fully saturated rings. The predicted molar refractivity (Wildman–Crippen MR) is 67.7 cm³/mol. The van der Waals surface area contributed by atoms with E-state index in [0.717, 1.165) is 0 Å². The molecule has 5 atom stereocenters. The average molecular weight is 440 g/mol. The summed E-state index contributed by atoms with van der Waals surface area (Å²) in [6.07, 6.45) is -15.3. The van der Waals surface area contributed by atoms with Crippen LogP contribution in [0.25, 0.3) is 0 Å². The Morgan fingerprint density at radius 3 is 1.44 bits per heavy atom. The van der Waals surface area contributed by atoms with Gasteiger partial charge < -0.3 is 39.6 Å². The third kappa shape index (κ3) is 6.34. The van der Waals surface area contributed by atoms with Gasteiger partial charge in [-0.2, -0.15) is 0 Å². The van der Waals surface area contributed by atoms with E-state index in [9.17, 15) is 32.7 Å². The molecule has 0 saturated heterocycles. The SMILES string of the molecule is O=P(O)(O)O[C@@H]1[C@@H](OP(=O)(O)O)[C@H](O)[C@@H](OP(=O)(O)O)C(F)(F)[C@H]1O. The lowest BCUT2D eigenvalue weighted by atomic mass is 9.84. The summed E-state index contributed by atoms with van der Waals surface area (Å²) in [5.41, 5.74) is 0. The monoisotopic (exact) mass is 440 g/mol. The number of phosphoric ester groups is 3. The molecular formula is C6H13F2O14P3. The topological polar surface area (TPSA) is 241 Å². The van der Waals surface area contributed by atoms with Gasteiger partial charge in [0.1, 0.15) is 24.4 Å². The van der Waals surface area contributed by atoms with E-state index in [-0.39, 0.29) is 0 Å². The summed E-state index contributed by atoms with van der Waals surface area (Å²) in [6.45, 7) is 0. The second-order valence-corrected chi connectivity index (χ2v) is 8.32. The standard InChI is InChI=1S/C6H13F2O14P3/c7-6(8)4(10)3(21-24(14,15)16)2(20-23(11,12)13)1(9)5(6)22-25(17,18)19/h1-5,9-10H,(H2,11,12,13)(H2,14,15,16)(H2,17,18,19)/t1-,2-,3+,4-,5+/m0/s1. The van der Waals surface area contributed by atoms with Gasteiger partial charge in [0.25, 0.3) is 0 Å². The van der Waals surface area contributed by atoms with Gasteiger partial charge >= 0.3 is 29.4 Å². The van der Waals surface area contributed by atoms with Crippen molar-refractivity contribution >= 4 is 23.5 Å². The lowest BCUT2D eigenvalue weighted by Gasteiger charge is -2.45. The van der Waals surface area contributed by atoms with Gasteiger partial charge in [-0.05, 0) is 0 Å². The van der Waals surface area contributed by atoms with E-state index in [2.05, 4.69) is 13.6 Å². The summed E-state index contributed by atoms with van der Waals surface area (Å²) in [7, 11) is -17.0. The van der Waals surface area contributed by atoms with Crippen molar-refractivity contribution in [3.05, 3.63) is 0 Å². The Kier molecular flexibility index (Phi) is 6.72. The first-order valence-electron chi connectivity index (χ1n) is 5.81. The third-order valence-corrected chi connectivity index (χ3v) is 4.36. The van der Waals surface area contributed by atoms with Crippen molar-refractivity contribution in [3.63, 3.8) is 0 Å². The van der Waals surface area contributed by atoms with Crippen molar-refractivity contribution in [1.82, 2.24) is 0 Å². The van der Waals surface area contributed by atoms with E-state index in [1.54, 1.807) is 0 Å². The molecule has 0 spiro atoms. The molecule has 1 aliphatic carbocycles. The van der Waals surface area contributed by atoms with Crippen molar-refractivity contribution in [2.24, 2.45) is 0 Å². The van der Waals surface area contributed by atoms with Crippen LogP contribution in [-0.2, 0) is 27.3 Å². The van der Waals surface area contributed by atoms with Crippen LogP contribution in [0.1, 0.15) is 0 Å². The molecule has 0 heterocycles. The summed E-state index contributed by atoms with van der Waals surface area (Å²) in [6, 6.07) is 0. The molecule has 0 aromatic carbocycles. The van der Waals surface area contributed by atoms with Gasteiger partial charge in [-0.15, -0.1) is 0 Å². The Bertz CT molecular complexity index is 622. The molecule has 8 N–H and O–H groups in total. The van der Waals surface area contributed by atoms with Gasteiger partial charge in [0.2, 0.25) is 0 Å². The average Bonchev–Trinajstić information content (AvgIpc) is 2.33. The molecule has 0 aromatic heterocycles. The first-order chi connectivity index (χ1) is 10.9. The lowest BCUT2D eigenvalue weighted by Crippen LogP contribution is -2.68. The molecule has 1 rings (SSSR count). The van der Waals surface area contributed by atoms with Gasteiger partial charge in [-0.25, -0.2) is 22.5 Å². The Morgan fingerprint density at radius 2 is 1.08 bits per heavy atom. The highest BCUT2D eigenvalue weighted by atomic mass is 31.2. The molecule has 14 nitrogen and oxygen atoms in total. The normalized spacial score (nSPS) is 34.1. The third-order valence-electron chi connectivity index (χ3n) is 2.82. The molecule has 150 valence electrons. The highest BCUT2D eigenvalue weighted by Crippen LogP contribution is 2.52. The second-order valence-electron chi connectivity index (χ2n) is 4.75. The summed E-state index contributed by atoms with van der Waals surface area (Å²) >= 11 is 0. The smallest absolute Gasteiger partial charge is 0.387 e. The molecule has 0 aliphatic heterocycles. The Balaban J connectivity index is 3.37. The first kappa shape index (κ1) is 23.1. The van der Waals surface area contributed by atoms with Gasteiger partial charge in [-0.1, -0.05) is 0 Å². The number of rotatable bonds is 6. The number of hydrogen-bond donors (Lipinski definition) is 8. The minimum atomic E-state index is -5.71. The maximum atomic E-state index is 14.0. The number of alkyl halides is 2. The van der Waals surface area contributed by atoms with Crippen molar-refractivity contribution < 1.29 is 75.6 Å². The lowest BCUT2D eigenvalue weighted by molar-refractivity contribution is -0.276. The summed E-state index contributed by atoms with van der Waals surface area (Å²) in [5.74, 6) is -4.78. The summed E-state index contributed by atoms with van der Waals surface area (Å²) in [5, 5.41) is 19.2. The molecular weight excluding hydrogens is 427 g/mol. The number of aliphatic hydroxyl groups is 2. The highest BCUT2D eigenvalue weighted by Gasteiger charge is 2.66. The Morgan fingerprint density at radius 1 is 0.720 bits per heavy atom.